The Morgan fingerprint density at radius 2 is 1.61 bits per heavy atom. The number of carbonyl (C=O) groups is 1. The highest BCUT2D eigenvalue weighted by Gasteiger charge is 2.31. The first-order valence-electron chi connectivity index (χ1n) is 11.0. The molecule has 0 radical (unpaired) electrons. The summed E-state index contributed by atoms with van der Waals surface area (Å²) in [6.07, 6.45) is -0.373. The minimum atomic E-state index is -4.59. The van der Waals surface area contributed by atoms with Gasteiger partial charge in [-0.25, -0.2) is 8.42 Å². The van der Waals surface area contributed by atoms with Crippen molar-refractivity contribution in [2.75, 3.05) is 30.9 Å². The Balaban J connectivity index is 1.45. The predicted molar refractivity (Wildman–Crippen MR) is 118 cm³/mol. The van der Waals surface area contributed by atoms with Crippen LogP contribution in [0.5, 0.6) is 0 Å². The number of sulfonamides is 1. The van der Waals surface area contributed by atoms with Crippen molar-refractivity contribution in [2.24, 2.45) is 0 Å². The van der Waals surface area contributed by atoms with Crippen LogP contribution in [0, 0.1) is 0 Å². The summed E-state index contributed by atoms with van der Waals surface area (Å²) in [5.41, 5.74) is -0.920. The average molecular weight is 482 g/mol. The van der Waals surface area contributed by atoms with Gasteiger partial charge >= 0.3 is 6.18 Å². The van der Waals surface area contributed by atoms with Crippen molar-refractivity contribution in [2.45, 2.75) is 42.8 Å². The van der Waals surface area contributed by atoms with E-state index in [2.05, 4.69) is 9.62 Å². The summed E-state index contributed by atoms with van der Waals surface area (Å²) in [5.74, 6) is -0.244. The zero-order valence-corrected chi connectivity index (χ0v) is 18.8. The van der Waals surface area contributed by atoms with Crippen molar-refractivity contribution in [3.63, 3.8) is 0 Å². The Kier molecular flexibility index (Phi) is 6.67. The van der Waals surface area contributed by atoms with Crippen LogP contribution in [0.15, 0.2) is 53.4 Å². The van der Waals surface area contributed by atoms with Crippen LogP contribution in [0.2, 0.25) is 0 Å². The molecule has 2 saturated heterocycles. The van der Waals surface area contributed by atoms with Gasteiger partial charge in [-0.3, -0.25) is 9.52 Å². The molecule has 2 aromatic rings. The third-order valence-corrected chi connectivity index (χ3v) is 7.62. The van der Waals surface area contributed by atoms with Crippen LogP contribution in [-0.4, -0.2) is 56.3 Å². The van der Waals surface area contributed by atoms with Crippen molar-refractivity contribution >= 4 is 21.6 Å². The van der Waals surface area contributed by atoms with Gasteiger partial charge in [0.15, 0.2) is 0 Å². The maximum Gasteiger partial charge on any atom is 0.416 e. The van der Waals surface area contributed by atoms with E-state index < -0.39 is 21.8 Å². The molecule has 2 aliphatic rings. The number of benzene rings is 2. The number of anilines is 1. The maximum atomic E-state index is 13.0. The molecule has 1 N–H and O–H groups in total. The number of carbonyl (C=O) groups excluding carboxylic acids is 1. The number of alkyl halides is 3. The van der Waals surface area contributed by atoms with E-state index in [-0.39, 0.29) is 22.1 Å². The standard InChI is InChI=1S/C23H26F3N3O3S/c24-23(25,26)18-6-4-7-19(16-18)27-33(31,32)21-8-3-5-17(15-21)22(30)29-13-9-20(10-14-29)28-11-1-2-12-28/h3-8,15-16,20,27H,1-2,9-14H2. The SMILES string of the molecule is O=C(c1cccc(S(=O)(=O)Nc2cccc(C(F)(F)F)c2)c1)N1CCC(N2CCCC2)CC1. The van der Waals surface area contributed by atoms with Gasteiger partial charge in [-0.05, 0) is 75.2 Å². The highest BCUT2D eigenvalue weighted by Crippen LogP contribution is 2.31. The third-order valence-electron chi connectivity index (χ3n) is 6.24. The van der Waals surface area contributed by atoms with E-state index in [0.717, 1.165) is 44.1 Å². The monoisotopic (exact) mass is 481 g/mol. The number of hydrogen-bond acceptors (Lipinski definition) is 4. The Bertz CT molecular complexity index is 1110. The molecule has 2 heterocycles. The minimum absolute atomic E-state index is 0.183. The van der Waals surface area contributed by atoms with E-state index >= 15 is 0 Å². The fourth-order valence-electron chi connectivity index (χ4n) is 4.49. The van der Waals surface area contributed by atoms with Crippen LogP contribution >= 0.6 is 0 Å². The van der Waals surface area contributed by atoms with Gasteiger partial charge in [-0.2, -0.15) is 13.2 Å². The van der Waals surface area contributed by atoms with E-state index in [1.165, 1.54) is 37.1 Å². The first-order chi connectivity index (χ1) is 15.6. The number of nitrogens with zero attached hydrogens (tertiary/aromatic N) is 2. The summed E-state index contributed by atoms with van der Waals surface area (Å²) >= 11 is 0. The van der Waals surface area contributed by atoms with Crippen molar-refractivity contribution in [3.8, 4) is 0 Å². The molecule has 1 amide bonds. The van der Waals surface area contributed by atoms with Crippen LogP contribution in [0.3, 0.4) is 0 Å². The quantitative estimate of drug-likeness (QED) is 0.695. The summed E-state index contributed by atoms with van der Waals surface area (Å²) in [4.78, 5) is 17.0. The topological polar surface area (TPSA) is 69.7 Å². The van der Waals surface area contributed by atoms with Gasteiger partial charge in [0.1, 0.15) is 0 Å². The lowest BCUT2D eigenvalue weighted by Crippen LogP contribution is -2.45. The van der Waals surface area contributed by atoms with E-state index in [1.807, 2.05) is 0 Å². The molecule has 4 rings (SSSR count). The van der Waals surface area contributed by atoms with Crippen LogP contribution in [-0.2, 0) is 16.2 Å². The lowest BCUT2D eigenvalue weighted by molar-refractivity contribution is -0.137. The first kappa shape index (κ1) is 23.6. The second-order valence-corrected chi connectivity index (χ2v) is 10.2. The molecule has 0 atom stereocenters. The zero-order chi connectivity index (χ0) is 23.6. The molecule has 0 aromatic heterocycles. The van der Waals surface area contributed by atoms with Crippen LogP contribution in [0.25, 0.3) is 0 Å². The van der Waals surface area contributed by atoms with Gasteiger partial charge in [0.2, 0.25) is 0 Å². The van der Waals surface area contributed by atoms with Gasteiger partial charge in [-0.15, -0.1) is 0 Å². The number of likely N-dealkylation sites (tertiary alicyclic amines) is 2. The van der Waals surface area contributed by atoms with Crippen LogP contribution in [0.4, 0.5) is 18.9 Å². The third kappa shape index (κ3) is 5.50. The molecule has 0 aliphatic carbocycles. The summed E-state index contributed by atoms with van der Waals surface area (Å²) in [7, 11) is -4.18. The van der Waals surface area contributed by atoms with Gasteiger partial charge in [0.05, 0.1) is 10.5 Å². The second-order valence-electron chi connectivity index (χ2n) is 8.48. The molecule has 0 unspecified atom stereocenters. The molecule has 0 bridgehead atoms. The molecule has 0 spiro atoms. The first-order valence-corrected chi connectivity index (χ1v) is 12.5. The second kappa shape index (κ2) is 9.34. The van der Waals surface area contributed by atoms with Crippen LogP contribution in [0.1, 0.15) is 41.6 Å². The number of rotatable bonds is 5. The van der Waals surface area contributed by atoms with Crippen molar-refractivity contribution in [3.05, 3.63) is 59.7 Å². The average Bonchev–Trinajstić information content (AvgIpc) is 3.33. The lowest BCUT2D eigenvalue weighted by Gasteiger charge is -2.36. The van der Waals surface area contributed by atoms with E-state index in [0.29, 0.717) is 19.1 Å². The highest BCUT2D eigenvalue weighted by atomic mass is 32.2. The lowest BCUT2D eigenvalue weighted by atomic mass is 10.0. The molecular weight excluding hydrogens is 455 g/mol. The molecule has 6 nitrogen and oxygen atoms in total. The number of halogens is 3. The largest absolute Gasteiger partial charge is 0.416 e. The summed E-state index contributed by atoms with van der Waals surface area (Å²) in [5, 5.41) is 0. The Morgan fingerprint density at radius 3 is 2.27 bits per heavy atom. The molecule has 178 valence electrons. The fourth-order valence-corrected chi connectivity index (χ4v) is 5.59. The van der Waals surface area contributed by atoms with Crippen molar-refractivity contribution in [1.29, 1.82) is 0 Å². The Labute approximate surface area is 191 Å². The molecule has 33 heavy (non-hydrogen) atoms. The molecule has 2 fully saturated rings. The fraction of sp³-hybridized carbons (Fsp3) is 0.435. The Hall–Kier alpha value is -2.59. The zero-order valence-electron chi connectivity index (χ0n) is 18.0. The van der Waals surface area contributed by atoms with E-state index in [1.54, 1.807) is 11.0 Å². The van der Waals surface area contributed by atoms with Crippen LogP contribution < -0.4 is 4.72 Å². The number of hydrogen-bond donors (Lipinski definition) is 1. The normalized spacial score (nSPS) is 18.5. The number of amides is 1. The van der Waals surface area contributed by atoms with E-state index in [4.69, 9.17) is 0 Å². The molecule has 2 aliphatic heterocycles. The van der Waals surface area contributed by atoms with Gasteiger partial charge in [0, 0.05) is 30.4 Å². The maximum absolute atomic E-state index is 13.0. The molecule has 2 aromatic carbocycles. The Morgan fingerprint density at radius 1 is 0.939 bits per heavy atom. The highest BCUT2D eigenvalue weighted by molar-refractivity contribution is 7.92. The number of piperidine rings is 1. The number of nitrogens with one attached hydrogen (secondary N) is 1. The van der Waals surface area contributed by atoms with Gasteiger partial charge in [-0.1, -0.05) is 12.1 Å². The molecule has 0 saturated carbocycles. The summed E-state index contributed by atoms with van der Waals surface area (Å²) in [6, 6.07) is 10.1. The summed E-state index contributed by atoms with van der Waals surface area (Å²) in [6.45, 7) is 3.44. The minimum Gasteiger partial charge on any atom is -0.339 e. The summed E-state index contributed by atoms with van der Waals surface area (Å²) < 4.78 is 66.5. The smallest absolute Gasteiger partial charge is 0.339 e. The van der Waals surface area contributed by atoms with Crippen molar-refractivity contribution in [1.82, 2.24) is 9.80 Å². The van der Waals surface area contributed by atoms with Gasteiger partial charge in [0.25, 0.3) is 15.9 Å². The van der Waals surface area contributed by atoms with E-state index in [9.17, 15) is 26.4 Å². The van der Waals surface area contributed by atoms with Gasteiger partial charge < -0.3 is 9.80 Å². The van der Waals surface area contributed by atoms with Crippen molar-refractivity contribution < 1.29 is 26.4 Å². The molecule has 10 heteroatoms. The molecular formula is C23H26F3N3O3S. The predicted octanol–water partition coefficient (Wildman–Crippen LogP) is 4.21.